The maximum atomic E-state index is 6.24. The molecule has 1 saturated carbocycles. The van der Waals surface area contributed by atoms with Crippen LogP contribution in [0.4, 0.5) is 0 Å². The Labute approximate surface area is 96.6 Å². The fourth-order valence-corrected chi connectivity index (χ4v) is 3.06. The van der Waals surface area contributed by atoms with Gasteiger partial charge in [-0.15, -0.1) is 0 Å². The molecule has 15 heavy (non-hydrogen) atoms. The van der Waals surface area contributed by atoms with E-state index in [2.05, 4.69) is 19.1 Å². The lowest BCUT2D eigenvalue weighted by atomic mass is 9.58. The summed E-state index contributed by atoms with van der Waals surface area (Å²) < 4.78 is 0. The predicted octanol–water partition coefficient (Wildman–Crippen LogP) is 3.36. The number of halogens is 1. The van der Waals surface area contributed by atoms with Gasteiger partial charge in [-0.3, -0.25) is 0 Å². The average molecular weight is 224 g/mol. The van der Waals surface area contributed by atoms with Crippen LogP contribution in [-0.2, 0) is 5.41 Å². The third-order valence-corrected chi connectivity index (χ3v) is 4.10. The van der Waals surface area contributed by atoms with Gasteiger partial charge in [0.2, 0.25) is 0 Å². The average Bonchev–Trinajstić information content (AvgIpc) is 2.20. The van der Waals surface area contributed by atoms with Gasteiger partial charge in [-0.25, -0.2) is 0 Å². The van der Waals surface area contributed by atoms with Gasteiger partial charge in [0.1, 0.15) is 0 Å². The van der Waals surface area contributed by atoms with Crippen molar-refractivity contribution < 1.29 is 0 Å². The molecular formula is C13H18ClN. The minimum absolute atomic E-state index is 0.166. The van der Waals surface area contributed by atoms with Gasteiger partial charge in [0.25, 0.3) is 0 Å². The van der Waals surface area contributed by atoms with Crippen LogP contribution in [0.2, 0.25) is 5.02 Å². The molecular weight excluding hydrogens is 206 g/mol. The van der Waals surface area contributed by atoms with Crippen LogP contribution in [0, 0.1) is 5.92 Å². The highest BCUT2D eigenvalue weighted by Gasteiger charge is 2.44. The predicted molar refractivity (Wildman–Crippen MR) is 65.2 cm³/mol. The summed E-state index contributed by atoms with van der Waals surface area (Å²) in [5.41, 5.74) is 7.34. The quantitative estimate of drug-likeness (QED) is 0.836. The third-order valence-electron chi connectivity index (χ3n) is 3.77. The summed E-state index contributed by atoms with van der Waals surface area (Å²) in [6.07, 6.45) is 3.65. The maximum Gasteiger partial charge on any atom is 0.0444 e. The minimum atomic E-state index is 0.166. The van der Waals surface area contributed by atoms with Crippen LogP contribution >= 0.6 is 11.6 Å². The van der Waals surface area contributed by atoms with Crippen LogP contribution in [0.3, 0.4) is 0 Å². The maximum absolute atomic E-state index is 6.24. The molecule has 0 aliphatic heterocycles. The Bertz CT molecular complexity index is 342. The Kier molecular flexibility index (Phi) is 3.03. The molecule has 0 aromatic heterocycles. The molecule has 82 valence electrons. The lowest BCUT2D eigenvalue weighted by molar-refractivity contribution is 0.144. The van der Waals surface area contributed by atoms with E-state index in [-0.39, 0.29) is 5.41 Å². The fourth-order valence-electron chi connectivity index (χ4n) is 2.72. The SMILES string of the molecule is CCC1CC(CN)(c2ccccc2Cl)C1. The van der Waals surface area contributed by atoms with Crippen LogP contribution in [0.25, 0.3) is 0 Å². The minimum Gasteiger partial charge on any atom is -0.330 e. The summed E-state index contributed by atoms with van der Waals surface area (Å²) in [7, 11) is 0. The van der Waals surface area contributed by atoms with Crippen LogP contribution in [-0.4, -0.2) is 6.54 Å². The largest absolute Gasteiger partial charge is 0.330 e. The zero-order chi connectivity index (χ0) is 10.9. The van der Waals surface area contributed by atoms with Crippen molar-refractivity contribution >= 4 is 11.6 Å². The highest BCUT2D eigenvalue weighted by atomic mass is 35.5. The monoisotopic (exact) mass is 223 g/mol. The highest BCUT2D eigenvalue weighted by molar-refractivity contribution is 6.31. The molecule has 0 saturated heterocycles. The van der Waals surface area contributed by atoms with Gasteiger partial charge in [-0.05, 0) is 30.4 Å². The van der Waals surface area contributed by atoms with Crippen LogP contribution in [0.15, 0.2) is 24.3 Å². The Morgan fingerprint density at radius 2 is 2.07 bits per heavy atom. The van der Waals surface area contributed by atoms with E-state index in [4.69, 9.17) is 17.3 Å². The van der Waals surface area contributed by atoms with Gasteiger partial charge in [-0.1, -0.05) is 43.1 Å². The summed E-state index contributed by atoms with van der Waals surface area (Å²) in [5, 5.41) is 0.873. The van der Waals surface area contributed by atoms with Crippen molar-refractivity contribution in [3.63, 3.8) is 0 Å². The molecule has 1 nitrogen and oxygen atoms in total. The van der Waals surface area contributed by atoms with Gasteiger partial charge < -0.3 is 5.73 Å². The first kappa shape index (κ1) is 11.0. The molecule has 0 heterocycles. The van der Waals surface area contributed by atoms with Gasteiger partial charge in [0.15, 0.2) is 0 Å². The molecule has 0 spiro atoms. The molecule has 0 amide bonds. The zero-order valence-electron chi connectivity index (χ0n) is 9.17. The van der Waals surface area contributed by atoms with Crippen molar-refractivity contribution in [2.45, 2.75) is 31.6 Å². The molecule has 2 rings (SSSR count). The second-order valence-corrected chi connectivity index (χ2v) is 5.05. The van der Waals surface area contributed by atoms with E-state index in [0.29, 0.717) is 6.54 Å². The standard InChI is InChI=1S/C13H18ClN/c1-2-10-7-13(8-10,9-15)11-5-3-4-6-12(11)14/h3-6,10H,2,7-9,15H2,1H3. The van der Waals surface area contributed by atoms with Crippen LogP contribution < -0.4 is 5.73 Å². The smallest absolute Gasteiger partial charge is 0.0444 e. The summed E-state index contributed by atoms with van der Waals surface area (Å²) in [6.45, 7) is 2.96. The van der Waals surface area contributed by atoms with Crippen molar-refractivity contribution in [2.75, 3.05) is 6.54 Å². The molecule has 2 N–H and O–H groups in total. The second kappa shape index (κ2) is 4.15. The molecule has 1 aliphatic carbocycles. The molecule has 0 unspecified atom stereocenters. The van der Waals surface area contributed by atoms with Crippen molar-refractivity contribution in [1.82, 2.24) is 0 Å². The van der Waals surface area contributed by atoms with Crippen molar-refractivity contribution in [2.24, 2.45) is 11.7 Å². The second-order valence-electron chi connectivity index (χ2n) is 4.65. The molecule has 0 atom stereocenters. The number of nitrogens with two attached hydrogens (primary N) is 1. The number of hydrogen-bond donors (Lipinski definition) is 1. The number of hydrogen-bond acceptors (Lipinski definition) is 1. The van der Waals surface area contributed by atoms with E-state index < -0.39 is 0 Å². The van der Waals surface area contributed by atoms with E-state index in [0.717, 1.165) is 10.9 Å². The molecule has 0 radical (unpaired) electrons. The van der Waals surface area contributed by atoms with Crippen molar-refractivity contribution in [1.29, 1.82) is 0 Å². The van der Waals surface area contributed by atoms with Gasteiger partial charge in [0, 0.05) is 17.0 Å². The fraction of sp³-hybridized carbons (Fsp3) is 0.538. The zero-order valence-corrected chi connectivity index (χ0v) is 9.93. The Balaban J connectivity index is 2.26. The van der Waals surface area contributed by atoms with Crippen LogP contribution in [0.1, 0.15) is 31.7 Å². The molecule has 1 aliphatic rings. The molecule has 1 aromatic carbocycles. The van der Waals surface area contributed by atoms with Gasteiger partial charge in [-0.2, -0.15) is 0 Å². The summed E-state index contributed by atoms with van der Waals surface area (Å²) in [6, 6.07) is 8.12. The normalized spacial score (nSPS) is 29.9. The van der Waals surface area contributed by atoms with Crippen molar-refractivity contribution in [3.05, 3.63) is 34.9 Å². The Hall–Kier alpha value is -0.530. The summed E-state index contributed by atoms with van der Waals surface area (Å²) in [4.78, 5) is 0. The molecule has 1 aromatic rings. The Morgan fingerprint density at radius 3 is 2.60 bits per heavy atom. The highest BCUT2D eigenvalue weighted by Crippen LogP contribution is 2.50. The van der Waals surface area contributed by atoms with Crippen LogP contribution in [0.5, 0.6) is 0 Å². The molecule has 1 fully saturated rings. The van der Waals surface area contributed by atoms with Gasteiger partial charge in [0.05, 0.1) is 0 Å². The Morgan fingerprint density at radius 1 is 1.40 bits per heavy atom. The lowest BCUT2D eigenvalue weighted by Crippen LogP contribution is -2.47. The van der Waals surface area contributed by atoms with E-state index in [1.54, 1.807) is 0 Å². The third kappa shape index (κ3) is 1.79. The first-order valence-corrected chi connectivity index (χ1v) is 6.05. The summed E-state index contributed by atoms with van der Waals surface area (Å²) >= 11 is 6.24. The molecule has 0 bridgehead atoms. The number of rotatable bonds is 3. The first-order valence-electron chi connectivity index (χ1n) is 5.67. The number of benzene rings is 1. The van der Waals surface area contributed by atoms with Gasteiger partial charge >= 0.3 is 0 Å². The lowest BCUT2D eigenvalue weighted by Gasteiger charge is -2.48. The van der Waals surface area contributed by atoms with E-state index >= 15 is 0 Å². The van der Waals surface area contributed by atoms with E-state index in [1.807, 2.05) is 12.1 Å². The summed E-state index contributed by atoms with van der Waals surface area (Å²) in [5.74, 6) is 0.838. The van der Waals surface area contributed by atoms with E-state index in [1.165, 1.54) is 24.8 Å². The van der Waals surface area contributed by atoms with E-state index in [9.17, 15) is 0 Å². The molecule has 2 heteroatoms. The topological polar surface area (TPSA) is 26.0 Å². The first-order chi connectivity index (χ1) is 7.22. The van der Waals surface area contributed by atoms with Crippen molar-refractivity contribution in [3.8, 4) is 0 Å².